The van der Waals surface area contributed by atoms with Crippen LogP contribution < -0.4 is 15.5 Å². The molecule has 0 unspecified atom stereocenters. The number of likely N-dealkylation sites (tertiary alicyclic amines) is 2. The molecule has 3 saturated heterocycles. The van der Waals surface area contributed by atoms with Crippen LogP contribution in [0.2, 0.25) is 0 Å². The molecule has 4 aliphatic rings. The number of amidine groups is 1. The number of alkyl halides is 3. The van der Waals surface area contributed by atoms with E-state index >= 15 is 0 Å². The minimum absolute atomic E-state index is 0.117. The number of thiazole rings is 1. The van der Waals surface area contributed by atoms with Crippen LogP contribution in [-0.2, 0) is 28.7 Å². The van der Waals surface area contributed by atoms with Crippen LogP contribution in [0.1, 0.15) is 92.0 Å². The number of pyridine rings is 1. The molecule has 7 heterocycles. The van der Waals surface area contributed by atoms with Crippen LogP contribution in [0.15, 0.2) is 77.5 Å². The lowest BCUT2D eigenvalue weighted by Gasteiger charge is -2.37. The summed E-state index contributed by atoms with van der Waals surface area (Å²) in [5.74, 6) is 7.12. The molecule has 3 aromatic heterocycles. The van der Waals surface area contributed by atoms with Crippen LogP contribution in [0.25, 0.3) is 10.4 Å². The second-order valence-electron chi connectivity index (χ2n) is 20.0. The Morgan fingerprint density at radius 1 is 0.873 bits per heavy atom. The number of benzene rings is 2. The van der Waals surface area contributed by atoms with E-state index in [0.29, 0.717) is 50.8 Å². The highest BCUT2D eigenvalue weighted by Crippen LogP contribution is 2.33. The average molecular weight is 991 g/mol. The Kier molecular flexibility index (Phi) is 14.9. The van der Waals surface area contributed by atoms with Crippen molar-refractivity contribution >= 4 is 34.8 Å². The van der Waals surface area contributed by atoms with E-state index in [1.165, 1.54) is 5.56 Å². The van der Waals surface area contributed by atoms with Crippen molar-refractivity contribution in [1.82, 2.24) is 50.2 Å². The monoisotopic (exact) mass is 990 g/mol. The van der Waals surface area contributed by atoms with E-state index < -0.39 is 35.6 Å². The van der Waals surface area contributed by atoms with E-state index in [4.69, 9.17) is 4.98 Å². The number of nitrogens with one attached hydrogen (secondary N) is 2. The number of hydrogen-bond donors (Lipinski definition) is 3. The third-order valence-corrected chi connectivity index (χ3v) is 14.9. The molecule has 0 bridgehead atoms. The molecular formula is C52H61F3N12O3S. The first kappa shape index (κ1) is 49.8. The molecule has 9 rings (SSSR count). The molecule has 0 spiro atoms. The molecule has 15 nitrogen and oxygen atoms in total. The fourth-order valence-corrected chi connectivity index (χ4v) is 10.7. The molecule has 374 valence electrons. The van der Waals surface area contributed by atoms with Crippen LogP contribution in [0.3, 0.4) is 0 Å². The van der Waals surface area contributed by atoms with Crippen molar-refractivity contribution in [2.45, 2.75) is 96.6 Å². The quantitative estimate of drug-likeness (QED) is 0.135. The number of β-amino-alcohol motifs (C(OH)–C–C–N with tert-alkyl or cyclic N) is 1. The number of hydrogen-bond acceptors (Lipinski definition) is 13. The minimum atomic E-state index is -4.61. The predicted octanol–water partition coefficient (Wildman–Crippen LogP) is 5.92. The van der Waals surface area contributed by atoms with Crippen LogP contribution >= 0.6 is 11.3 Å². The van der Waals surface area contributed by atoms with Crippen molar-refractivity contribution in [2.24, 2.45) is 10.5 Å². The molecule has 0 aliphatic carbocycles. The van der Waals surface area contributed by atoms with Gasteiger partial charge < -0.3 is 30.4 Å². The highest BCUT2D eigenvalue weighted by Gasteiger charge is 2.44. The number of anilines is 1. The van der Waals surface area contributed by atoms with Gasteiger partial charge >= 0.3 is 6.18 Å². The van der Waals surface area contributed by atoms with Gasteiger partial charge in [0.25, 0.3) is 5.82 Å². The lowest BCUT2D eigenvalue weighted by atomic mass is 9.85. The predicted molar refractivity (Wildman–Crippen MR) is 267 cm³/mol. The van der Waals surface area contributed by atoms with E-state index in [0.717, 1.165) is 88.9 Å². The zero-order valence-electron chi connectivity index (χ0n) is 40.6. The second kappa shape index (κ2) is 21.3. The highest BCUT2D eigenvalue weighted by atomic mass is 32.1. The number of aliphatic hydroxyl groups excluding tert-OH is 1. The van der Waals surface area contributed by atoms with E-state index in [9.17, 15) is 27.9 Å². The summed E-state index contributed by atoms with van der Waals surface area (Å²) in [5, 5.41) is 28.5. The fourth-order valence-electron chi connectivity index (χ4n) is 9.92. The van der Waals surface area contributed by atoms with E-state index in [-0.39, 0.29) is 30.6 Å². The summed E-state index contributed by atoms with van der Waals surface area (Å²) >= 11 is 1.60. The number of carbonyl (C=O) groups is 2. The Bertz CT molecular complexity index is 2740. The van der Waals surface area contributed by atoms with Gasteiger partial charge in [0.2, 0.25) is 11.8 Å². The SMILES string of the molecule is Cc1ncsc1-c1ccc(CNC(=O)[C@@H]2C[C@H](O)CN2C(=O)[C@@H](NCCN2CCN(c3ccc(C#Cc4ccc(C5CCN(C6=Nn7c(nnc7C(F)(F)F)CC6)CC5)cc4)cn3)CC2)C(C)(C)C)cc1. The van der Waals surface area contributed by atoms with Crippen LogP contribution in [0.5, 0.6) is 0 Å². The van der Waals surface area contributed by atoms with Gasteiger partial charge in [-0.2, -0.15) is 22.9 Å². The molecule has 2 amide bonds. The van der Waals surface area contributed by atoms with Crippen LogP contribution in [0, 0.1) is 24.2 Å². The maximum absolute atomic E-state index is 14.2. The van der Waals surface area contributed by atoms with Gasteiger partial charge in [-0.15, -0.1) is 21.5 Å². The van der Waals surface area contributed by atoms with Crippen LogP contribution in [0.4, 0.5) is 19.0 Å². The summed E-state index contributed by atoms with van der Waals surface area (Å²) in [6, 6.07) is 19.1. The summed E-state index contributed by atoms with van der Waals surface area (Å²) in [6.07, 6.45) is -0.702. The molecule has 3 N–H and O–H groups in total. The molecule has 3 atom stereocenters. The van der Waals surface area contributed by atoms with Crippen molar-refractivity contribution in [3.8, 4) is 22.3 Å². The Morgan fingerprint density at radius 2 is 1.59 bits per heavy atom. The molecule has 71 heavy (non-hydrogen) atoms. The Morgan fingerprint density at radius 3 is 2.25 bits per heavy atom. The second-order valence-corrected chi connectivity index (χ2v) is 20.8. The third-order valence-electron chi connectivity index (χ3n) is 14.0. The number of nitrogens with zero attached hydrogens (tertiary/aromatic N) is 10. The zero-order valence-corrected chi connectivity index (χ0v) is 41.4. The van der Waals surface area contributed by atoms with E-state index in [1.54, 1.807) is 16.2 Å². The highest BCUT2D eigenvalue weighted by molar-refractivity contribution is 7.13. The summed E-state index contributed by atoms with van der Waals surface area (Å²) in [5.41, 5.74) is 7.36. The van der Waals surface area contributed by atoms with Gasteiger partial charge in [-0.3, -0.25) is 14.5 Å². The number of aryl methyl sites for hydroxylation is 2. The van der Waals surface area contributed by atoms with E-state index in [1.807, 2.05) is 87.9 Å². The summed E-state index contributed by atoms with van der Waals surface area (Å²) in [7, 11) is 0. The number of aliphatic hydroxyl groups is 1. The third kappa shape index (κ3) is 11.8. The topological polar surface area (TPSA) is 160 Å². The van der Waals surface area contributed by atoms with E-state index in [2.05, 4.69) is 69.6 Å². The summed E-state index contributed by atoms with van der Waals surface area (Å²) < 4.78 is 41.1. The number of carbonyl (C=O) groups excluding carboxylic acids is 2. The van der Waals surface area contributed by atoms with Gasteiger partial charge in [-0.05, 0) is 72.1 Å². The smallest absolute Gasteiger partial charge is 0.391 e. The molecule has 5 aromatic rings. The van der Waals surface area contributed by atoms with Crippen molar-refractivity contribution in [3.05, 3.63) is 112 Å². The lowest BCUT2D eigenvalue weighted by molar-refractivity contribution is -0.147. The normalized spacial score (nSPS) is 19.5. The standard InChI is InChI=1S/C52H61F3N12O3S/c1-34-46(71-33-59-34)40-14-9-37(10-15-40)31-58-48(69)42-29-41(68)32-66(42)49(70)47(51(2,3)4)56-21-24-63-25-27-65(28-26-63)43-16-11-36(30-57-43)6-5-35-7-12-38(13-8-35)39-19-22-64(23-20-39)45-18-17-44-60-61-50(52(53,54)55)67(44)62-45/h7-16,30,33,39,41-42,47,56,68H,17-29,31-32H2,1-4H3,(H,58,69)/t41-,42-,47+/m0/s1. The minimum Gasteiger partial charge on any atom is -0.391 e. The number of piperazine rings is 1. The number of halogens is 3. The van der Waals surface area contributed by atoms with Crippen LogP contribution in [-0.4, -0.2) is 139 Å². The van der Waals surface area contributed by atoms with Gasteiger partial charge in [-0.1, -0.05) is 69.0 Å². The zero-order chi connectivity index (χ0) is 49.9. The summed E-state index contributed by atoms with van der Waals surface area (Å²) in [4.78, 5) is 46.2. The van der Waals surface area contributed by atoms with Gasteiger partial charge in [0, 0.05) is 102 Å². The van der Waals surface area contributed by atoms with Crippen molar-refractivity contribution in [2.75, 3.05) is 63.8 Å². The summed E-state index contributed by atoms with van der Waals surface area (Å²) in [6.45, 7) is 14.6. The van der Waals surface area contributed by atoms with Gasteiger partial charge in [0.15, 0.2) is 5.82 Å². The molecule has 19 heteroatoms. The number of amides is 2. The van der Waals surface area contributed by atoms with Gasteiger partial charge in [0.1, 0.15) is 17.7 Å². The number of rotatable bonds is 11. The first-order chi connectivity index (χ1) is 34.1. The number of fused-ring (bicyclic) bond motifs is 1. The Hall–Kier alpha value is -6.20. The molecule has 4 aliphatic heterocycles. The van der Waals surface area contributed by atoms with Crippen molar-refractivity contribution in [3.63, 3.8) is 0 Å². The largest absolute Gasteiger partial charge is 0.453 e. The van der Waals surface area contributed by atoms with Gasteiger partial charge in [-0.25, -0.2) is 9.97 Å². The van der Waals surface area contributed by atoms with Crippen molar-refractivity contribution < 1.29 is 27.9 Å². The number of piperidine rings is 1. The molecular weight excluding hydrogens is 930 g/mol. The molecule has 3 fully saturated rings. The van der Waals surface area contributed by atoms with Gasteiger partial charge in [0.05, 0.1) is 28.2 Å². The fraction of sp³-hybridized carbons (Fsp3) is 0.481. The number of aromatic nitrogens is 5. The Balaban J connectivity index is 0.705. The first-order valence-corrected chi connectivity index (χ1v) is 25.3. The average Bonchev–Trinajstić information content (AvgIpc) is 4.12. The maximum Gasteiger partial charge on any atom is 0.453 e. The lowest BCUT2D eigenvalue weighted by Crippen LogP contribution is -2.57. The molecule has 2 aromatic carbocycles. The maximum atomic E-state index is 14.2. The Labute approximate surface area is 416 Å². The molecule has 0 radical (unpaired) electrons. The van der Waals surface area contributed by atoms with Crippen molar-refractivity contribution in [1.29, 1.82) is 0 Å². The first-order valence-electron chi connectivity index (χ1n) is 24.5. The molecule has 0 saturated carbocycles.